The van der Waals surface area contributed by atoms with Gasteiger partial charge in [-0.3, -0.25) is 15.6 Å². The van der Waals surface area contributed by atoms with Crippen molar-refractivity contribution in [1.82, 2.24) is 25.2 Å². The average Bonchev–Trinajstić information content (AvgIpc) is 3.14. The zero-order chi connectivity index (χ0) is 23.0. The van der Waals surface area contributed by atoms with Crippen molar-refractivity contribution >= 4 is 34.9 Å². The number of aromatic nitrogens is 4. The standard InChI is InChI=1S/C16H8Cl2F6N6O/c17-9-3-7(15(19,20)21)5-25-12(9)28-29-14(31)11-1-2-27-30(11)13-10(18)4-8(6-26-13)16(22,23)24/h1-6H,(H,25,28)(H,29,31). The van der Waals surface area contributed by atoms with Gasteiger partial charge in [-0.05, 0) is 18.2 Å². The molecule has 3 aromatic rings. The molecule has 0 spiro atoms. The second kappa shape index (κ2) is 8.23. The number of amides is 1. The zero-order valence-electron chi connectivity index (χ0n) is 14.7. The monoisotopic (exact) mass is 484 g/mol. The maximum Gasteiger partial charge on any atom is 0.417 e. The van der Waals surface area contributed by atoms with Crippen LogP contribution in [-0.2, 0) is 12.4 Å². The molecule has 1 amide bonds. The van der Waals surface area contributed by atoms with Crippen LogP contribution in [-0.4, -0.2) is 25.7 Å². The molecule has 2 N–H and O–H groups in total. The quantitative estimate of drug-likeness (QED) is 0.411. The van der Waals surface area contributed by atoms with Crippen LogP contribution in [0.25, 0.3) is 5.82 Å². The molecule has 0 radical (unpaired) electrons. The lowest BCUT2D eigenvalue weighted by molar-refractivity contribution is -0.138. The van der Waals surface area contributed by atoms with Gasteiger partial charge in [0.05, 0.1) is 27.4 Å². The summed E-state index contributed by atoms with van der Waals surface area (Å²) in [5, 5.41) is 2.96. The maximum atomic E-state index is 12.8. The summed E-state index contributed by atoms with van der Waals surface area (Å²) in [7, 11) is 0. The second-order valence-corrected chi connectivity index (χ2v) is 6.60. The Balaban J connectivity index is 1.79. The third-order valence-electron chi connectivity index (χ3n) is 3.69. The van der Waals surface area contributed by atoms with Crippen LogP contribution in [0, 0.1) is 0 Å². The summed E-state index contributed by atoms with van der Waals surface area (Å²) in [6.45, 7) is 0. The van der Waals surface area contributed by atoms with Crippen LogP contribution in [0.4, 0.5) is 32.2 Å². The van der Waals surface area contributed by atoms with E-state index >= 15 is 0 Å². The molecule has 7 nitrogen and oxygen atoms in total. The Kier molecular flexibility index (Phi) is 6.00. The van der Waals surface area contributed by atoms with Crippen LogP contribution in [0.1, 0.15) is 21.6 Å². The Morgan fingerprint density at radius 1 is 0.935 bits per heavy atom. The Morgan fingerprint density at radius 2 is 1.52 bits per heavy atom. The number of halogens is 8. The summed E-state index contributed by atoms with van der Waals surface area (Å²) in [6.07, 6.45) is -7.13. The molecule has 15 heteroatoms. The molecule has 3 rings (SSSR count). The van der Waals surface area contributed by atoms with E-state index < -0.39 is 39.4 Å². The van der Waals surface area contributed by atoms with Crippen molar-refractivity contribution in [2.75, 3.05) is 5.43 Å². The minimum absolute atomic E-state index is 0.204. The summed E-state index contributed by atoms with van der Waals surface area (Å²) in [4.78, 5) is 19.5. The molecule has 0 fully saturated rings. The molecule has 164 valence electrons. The molecule has 0 aromatic carbocycles. The lowest BCUT2D eigenvalue weighted by Gasteiger charge is -2.13. The average molecular weight is 485 g/mol. The van der Waals surface area contributed by atoms with Crippen molar-refractivity contribution in [1.29, 1.82) is 0 Å². The Hall–Kier alpha value is -3.06. The van der Waals surface area contributed by atoms with Gasteiger partial charge in [-0.2, -0.15) is 31.4 Å². The minimum atomic E-state index is -4.67. The highest BCUT2D eigenvalue weighted by Gasteiger charge is 2.33. The van der Waals surface area contributed by atoms with Gasteiger partial charge in [0.1, 0.15) is 5.69 Å². The smallest absolute Gasteiger partial charge is 0.280 e. The summed E-state index contributed by atoms with van der Waals surface area (Å²) < 4.78 is 77.1. The molecule has 31 heavy (non-hydrogen) atoms. The Labute approximate surface area is 179 Å². The van der Waals surface area contributed by atoms with Crippen LogP contribution in [0.5, 0.6) is 0 Å². The third kappa shape index (κ3) is 4.99. The van der Waals surface area contributed by atoms with Gasteiger partial charge in [0, 0.05) is 12.4 Å². The maximum absolute atomic E-state index is 12.8. The number of nitrogens with one attached hydrogen (secondary N) is 2. The fourth-order valence-electron chi connectivity index (χ4n) is 2.25. The third-order valence-corrected chi connectivity index (χ3v) is 4.25. The molecule has 0 aliphatic carbocycles. The highest BCUT2D eigenvalue weighted by atomic mass is 35.5. The Morgan fingerprint density at radius 3 is 2.06 bits per heavy atom. The Bertz CT molecular complexity index is 1130. The summed E-state index contributed by atoms with van der Waals surface area (Å²) in [5.74, 6) is -1.41. The van der Waals surface area contributed by atoms with E-state index in [0.29, 0.717) is 24.5 Å². The molecule has 0 atom stereocenters. The molecular weight excluding hydrogens is 477 g/mol. The topological polar surface area (TPSA) is 84.7 Å². The molecule has 0 aliphatic rings. The van der Waals surface area contributed by atoms with Crippen LogP contribution >= 0.6 is 23.2 Å². The lowest BCUT2D eigenvalue weighted by Crippen LogP contribution is -2.32. The number of rotatable bonds is 4. The first-order chi connectivity index (χ1) is 14.4. The number of alkyl halides is 6. The van der Waals surface area contributed by atoms with Crippen LogP contribution in [0.3, 0.4) is 0 Å². The van der Waals surface area contributed by atoms with Gasteiger partial charge in [0.2, 0.25) is 0 Å². The first kappa shape index (κ1) is 22.6. The second-order valence-electron chi connectivity index (χ2n) is 5.79. The van der Waals surface area contributed by atoms with Crippen molar-refractivity contribution in [3.05, 3.63) is 63.7 Å². The van der Waals surface area contributed by atoms with Crippen molar-refractivity contribution in [3.63, 3.8) is 0 Å². The largest absolute Gasteiger partial charge is 0.417 e. The van der Waals surface area contributed by atoms with E-state index in [1.165, 1.54) is 6.07 Å². The number of nitrogens with zero attached hydrogens (tertiary/aromatic N) is 4. The highest BCUT2D eigenvalue weighted by molar-refractivity contribution is 6.33. The van der Waals surface area contributed by atoms with E-state index in [9.17, 15) is 31.1 Å². The van der Waals surface area contributed by atoms with E-state index in [1.54, 1.807) is 0 Å². The van der Waals surface area contributed by atoms with Gasteiger partial charge in [-0.25, -0.2) is 14.6 Å². The SMILES string of the molecule is O=C(NNc1ncc(C(F)(F)F)cc1Cl)c1ccnn1-c1ncc(C(F)(F)F)cc1Cl. The van der Waals surface area contributed by atoms with E-state index in [2.05, 4.69) is 25.9 Å². The predicted octanol–water partition coefficient (Wildman–Crippen LogP) is 4.76. The fraction of sp³-hybridized carbons (Fsp3) is 0.125. The minimum Gasteiger partial charge on any atom is -0.280 e. The fourth-order valence-corrected chi connectivity index (χ4v) is 2.71. The molecule has 3 heterocycles. The van der Waals surface area contributed by atoms with Gasteiger partial charge in [-0.15, -0.1) is 0 Å². The number of pyridine rings is 2. The van der Waals surface area contributed by atoms with Crippen LogP contribution in [0.15, 0.2) is 36.8 Å². The molecule has 0 saturated carbocycles. The molecule has 3 aromatic heterocycles. The van der Waals surface area contributed by atoms with E-state index in [4.69, 9.17) is 23.2 Å². The lowest BCUT2D eigenvalue weighted by atomic mass is 10.2. The highest BCUT2D eigenvalue weighted by Crippen LogP contribution is 2.33. The normalized spacial score (nSPS) is 12.0. The van der Waals surface area contributed by atoms with Gasteiger partial charge >= 0.3 is 12.4 Å². The molecule has 0 unspecified atom stereocenters. The first-order valence-electron chi connectivity index (χ1n) is 7.94. The number of anilines is 1. The number of hydrazine groups is 1. The van der Waals surface area contributed by atoms with Crippen LogP contribution < -0.4 is 10.9 Å². The molecular formula is C16H8Cl2F6N6O. The van der Waals surface area contributed by atoms with Gasteiger partial charge in [-0.1, -0.05) is 23.2 Å². The van der Waals surface area contributed by atoms with Crippen molar-refractivity contribution in [2.45, 2.75) is 12.4 Å². The zero-order valence-corrected chi connectivity index (χ0v) is 16.2. The number of carbonyl (C=O) groups excluding carboxylic acids is 1. The number of hydrogen-bond acceptors (Lipinski definition) is 5. The molecule has 0 aliphatic heterocycles. The van der Waals surface area contributed by atoms with Gasteiger partial charge < -0.3 is 0 Å². The molecule has 0 saturated heterocycles. The van der Waals surface area contributed by atoms with Gasteiger partial charge in [0.25, 0.3) is 5.91 Å². The van der Waals surface area contributed by atoms with E-state index in [0.717, 1.165) is 10.9 Å². The summed E-state index contributed by atoms with van der Waals surface area (Å²) >= 11 is 11.6. The van der Waals surface area contributed by atoms with Crippen molar-refractivity contribution in [3.8, 4) is 5.82 Å². The van der Waals surface area contributed by atoms with E-state index in [1.807, 2.05) is 0 Å². The van der Waals surface area contributed by atoms with Crippen LogP contribution in [0.2, 0.25) is 10.0 Å². The predicted molar refractivity (Wildman–Crippen MR) is 96.7 cm³/mol. The van der Waals surface area contributed by atoms with Crippen molar-refractivity contribution in [2.24, 2.45) is 0 Å². The molecule has 0 bridgehead atoms. The van der Waals surface area contributed by atoms with Crippen molar-refractivity contribution < 1.29 is 31.1 Å². The summed E-state index contributed by atoms with van der Waals surface area (Å²) in [5.41, 5.74) is 2.00. The van der Waals surface area contributed by atoms with E-state index in [-0.39, 0.29) is 17.3 Å². The first-order valence-corrected chi connectivity index (χ1v) is 8.69. The van der Waals surface area contributed by atoms with Gasteiger partial charge in [0.15, 0.2) is 11.6 Å². The summed E-state index contributed by atoms with van der Waals surface area (Å²) in [6, 6.07) is 2.44. The number of carbonyl (C=O) groups is 1. The number of hydrogen-bond donors (Lipinski definition) is 2.